The fourth-order valence-electron chi connectivity index (χ4n) is 4.88. The van der Waals surface area contributed by atoms with Crippen molar-refractivity contribution in [1.29, 1.82) is 0 Å². The number of carbonyl (C=O) groups excluding carboxylic acids is 1. The standard InChI is InChI=1S/C24H31N3O3S/c1-19-4-3-5-20(2)22(19)7-6-21-8-13-26(14-9-21)23(28)24(27-15-12-25-18-27)10-16-31(29,30)17-11-24/h3-7,12,15,18,21H,8-11,13-14,16-17H2,1-2H3. The molecule has 0 spiro atoms. The van der Waals surface area contributed by atoms with Gasteiger partial charge in [0.15, 0.2) is 9.84 Å². The Morgan fingerprint density at radius 3 is 2.35 bits per heavy atom. The fraction of sp³-hybridized carbons (Fsp3) is 0.500. The van der Waals surface area contributed by atoms with Crippen molar-refractivity contribution in [3.63, 3.8) is 0 Å². The average Bonchev–Trinajstić information content (AvgIpc) is 3.29. The first kappa shape index (κ1) is 21.8. The van der Waals surface area contributed by atoms with Crippen molar-refractivity contribution in [2.24, 2.45) is 5.92 Å². The van der Waals surface area contributed by atoms with Crippen LogP contribution in [0.15, 0.2) is 43.0 Å². The first-order valence-corrected chi connectivity index (χ1v) is 12.9. The zero-order valence-electron chi connectivity index (χ0n) is 18.3. The number of carbonyl (C=O) groups is 1. The molecule has 0 atom stereocenters. The van der Waals surface area contributed by atoms with Crippen LogP contribution in [0.3, 0.4) is 0 Å². The molecule has 0 aliphatic carbocycles. The number of aromatic nitrogens is 2. The number of rotatable bonds is 4. The Morgan fingerprint density at radius 2 is 1.77 bits per heavy atom. The van der Waals surface area contributed by atoms with Gasteiger partial charge in [0.2, 0.25) is 5.91 Å². The quantitative estimate of drug-likeness (QED) is 0.729. The molecule has 0 bridgehead atoms. The van der Waals surface area contributed by atoms with Gasteiger partial charge in [-0.05, 0) is 62.1 Å². The largest absolute Gasteiger partial charge is 0.341 e. The van der Waals surface area contributed by atoms with Crippen LogP contribution >= 0.6 is 0 Å². The molecule has 0 N–H and O–H groups in total. The predicted molar refractivity (Wildman–Crippen MR) is 122 cm³/mol. The highest BCUT2D eigenvalue weighted by atomic mass is 32.2. The van der Waals surface area contributed by atoms with Crippen molar-refractivity contribution in [2.75, 3.05) is 24.6 Å². The molecular formula is C24H31N3O3S. The molecule has 3 heterocycles. The van der Waals surface area contributed by atoms with E-state index in [1.165, 1.54) is 16.7 Å². The van der Waals surface area contributed by atoms with E-state index in [9.17, 15) is 13.2 Å². The van der Waals surface area contributed by atoms with E-state index in [-0.39, 0.29) is 17.4 Å². The lowest BCUT2D eigenvalue weighted by atomic mass is 9.87. The average molecular weight is 442 g/mol. The van der Waals surface area contributed by atoms with Crippen LogP contribution in [0.4, 0.5) is 0 Å². The lowest BCUT2D eigenvalue weighted by Gasteiger charge is -2.42. The summed E-state index contributed by atoms with van der Waals surface area (Å²) in [6.07, 6.45) is 12.1. The maximum Gasteiger partial charge on any atom is 0.248 e. The van der Waals surface area contributed by atoms with Gasteiger partial charge in [-0.3, -0.25) is 4.79 Å². The Morgan fingerprint density at radius 1 is 1.13 bits per heavy atom. The van der Waals surface area contributed by atoms with Crippen molar-refractivity contribution < 1.29 is 13.2 Å². The topological polar surface area (TPSA) is 72.3 Å². The number of amides is 1. The van der Waals surface area contributed by atoms with Crippen molar-refractivity contribution in [2.45, 2.75) is 45.1 Å². The summed E-state index contributed by atoms with van der Waals surface area (Å²) in [7, 11) is -3.07. The van der Waals surface area contributed by atoms with E-state index < -0.39 is 15.4 Å². The summed E-state index contributed by atoms with van der Waals surface area (Å²) in [5, 5.41) is 0. The number of aryl methyl sites for hydroxylation is 2. The Balaban J connectivity index is 1.45. The summed E-state index contributed by atoms with van der Waals surface area (Å²) < 4.78 is 25.9. The van der Waals surface area contributed by atoms with Crippen molar-refractivity contribution in [3.05, 3.63) is 59.7 Å². The van der Waals surface area contributed by atoms with E-state index in [0.29, 0.717) is 31.8 Å². The Kier molecular flexibility index (Phi) is 6.06. The van der Waals surface area contributed by atoms with Crippen LogP contribution in [0, 0.1) is 19.8 Å². The summed E-state index contributed by atoms with van der Waals surface area (Å²) in [5.41, 5.74) is 3.00. The molecule has 0 unspecified atom stereocenters. The lowest BCUT2D eigenvalue weighted by Crippen LogP contribution is -2.55. The van der Waals surface area contributed by atoms with Gasteiger partial charge < -0.3 is 9.47 Å². The summed E-state index contributed by atoms with van der Waals surface area (Å²) in [6.45, 7) is 5.66. The van der Waals surface area contributed by atoms with Crippen molar-refractivity contribution in [3.8, 4) is 0 Å². The molecule has 1 amide bonds. The number of imidazole rings is 1. The summed E-state index contributed by atoms with van der Waals surface area (Å²) in [5.74, 6) is 0.578. The molecule has 2 aromatic rings. The van der Waals surface area contributed by atoms with Gasteiger partial charge in [0.1, 0.15) is 5.54 Å². The molecule has 2 fully saturated rings. The Labute approximate surface area is 184 Å². The number of hydrogen-bond donors (Lipinski definition) is 0. The second-order valence-corrected chi connectivity index (χ2v) is 11.3. The minimum absolute atomic E-state index is 0.0394. The first-order chi connectivity index (χ1) is 14.8. The highest BCUT2D eigenvalue weighted by molar-refractivity contribution is 7.91. The van der Waals surface area contributed by atoms with E-state index in [1.54, 1.807) is 18.7 Å². The monoisotopic (exact) mass is 441 g/mol. The molecule has 166 valence electrons. The highest BCUT2D eigenvalue weighted by Gasteiger charge is 2.47. The van der Waals surface area contributed by atoms with Gasteiger partial charge in [-0.1, -0.05) is 30.4 Å². The van der Waals surface area contributed by atoms with Crippen LogP contribution in [-0.4, -0.2) is 53.4 Å². The number of nitrogens with zero attached hydrogens (tertiary/aromatic N) is 3. The first-order valence-electron chi connectivity index (χ1n) is 11.0. The highest BCUT2D eigenvalue weighted by Crippen LogP contribution is 2.35. The summed E-state index contributed by atoms with van der Waals surface area (Å²) in [4.78, 5) is 19.7. The minimum Gasteiger partial charge on any atom is -0.341 e. The van der Waals surface area contributed by atoms with Crippen LogP contribution < -0.4 is 0 Å². The molecule has 2 aliphatic rings. The molecular weight excluding hydrogens is 410 g/mol. The third-order valence-electron chi connectivity index (χ3n) is 6.95. The Bertz CT molecular complexity index is 1030. The smallest absolute Gasteiger partial charge is 0.248 e. The van der Waals surface area contributed by atoms with E-state index >= 15 is 0 Å². The second kappa shape index (κ2) is 8.61. The molecule has 1 aromatic heterocycles. The SMILES string of the molecule is Cc1cccc(C)c1C=CC1CCN(C(=O)C2(n3ccnc3)CCS(=O)(=O)CC2)CC1. The Hall–Kier alpha value is -2.41. The molecule has 1 aromatic carbocycles. The van der Waals surface area contributed by atoms with Crippen LogP contribution in [-0.2, 0) is 20.2 Å². The van der Waals surface area contributed by atoms with E-state index in [2.05, 4.69) is 49.2 Å². The molecule has 7 heteroatoms. The maximum absolute atomic E-state index is 13.6. The third-order valence-corrected chi connectivity index (χ3v) is 8.61. The van der Waals surface area contributed by atoms with E-state index in [0.717, 1.165) is 12.8 Å². The van der Waals surface area contributed by atoms with E-state index in [4.69, 9.17) is 0 Å². The van der Waals surface area contributed by atoms with Crippen LogP contribution in [0.25, 0.3) is 6.08 Å². The zero-order valence-corrected chi connectivity index (χ0v) is 19.1. The van der Waals surface area contributed by atoms with Crippen molar-refractivity contribution >= 4 is 21.8 Å². The van der Waals surface area contributed by atoms with Gasteiger partial charge in [0.25, 0.3) is 0 Å². The lowest BCUT2D eigenvalue weighted by molar-refractivity contribution is -0.142. The number of allylic oxidation sites excluding steroid dienone is 1. The number of benzene rings is 1. The van der Waals surface area contributed by atoms with Gasteiger partial charge in [0.05, 0.1) is 17.8 Å². The second-order valence-electron chi connectivity index (χ2n) is 8.95. The van der Waals surface area contributed by atoms with Crippen LogP contribution in [0.5, 0.6) is 0 Å². The zero-order chi connectivity index (χ0) is 22.1. The number of likely N-dealkylation sites (tertiary alicyclic amines) is 1. The van der Waals surface area contributed by atoms with Gasteiger partial charge in [-0.25, -0.2) is 13.4 Å². The molecule has 6 nitrogen and oxygen atoms in total. The summed E-state index contributed by atoms with van der Waals surface area (Å²) >= 11 is 0. The van der Waals surface area contributed by atoms with Crippen LogP contribution in [0.2, 0.25) is 0 Å². The van der Waals surface area contributed by atoms with Gasteiger partial charge in [-0.15, -0.1) is 0 Å². The molecule has 4 rings (SSSR count). The molecule has 0 radical (unpaired) electrons. The predicted octanol–water partition coefficient (Wildman–Crippen LogP) is 3.36. The summed E-state index contributed by atoms with van der Waals surface area (Å²) in [6, 6.07) is 6.35. The fourth-order valence-corrected chi connectivity index (χ4v) is 6.38. The minimum atomic E-state index is -3.07. The normalized spacial score (nSPS) is 21.4. The molecule has 31 heavy (non-hydrogen) atoms. The van der Waals surface area contributed by atoms with Gasteiger partial charge in [-0.2, -0.15) is 0 Å². The van der Waals surface area contributed by atoms with Gasteiger partial charge >= 0.3 is 0 Å². The maximum atomic E-state index is 13.6. The molecule has 2 saturated heterocycles. The number of piperidine rings is 1. The third kappa shape index (κ3) is 4.47. The van der Waals surface area contributed by atoms with Crippen molar-refractivity contribution in [1.82, 2.24) is 14.5 Å². The molecule has 0 saturated carbocycles. The van der Waals surface area contributed by atoms with E-state index in [1.807, 2.05) is 9.47 Å². The molecule has 2 aliphatic heterocycles. The van der Waals surface area contributed by atoms with Gasteiger partial charge in [0, 0.05) is 25.5 Å². The number of hydrogen-bond acceptors (Lipinski definition) is 4. The number of sulfone groups is 1. The van der Waals surface area contributed by atoms with Crippen LogP contribution in [0.1, 0.15) is 42.4 Å².